The second kappa shape index (κ2) is 7.34. The van der Waals surface area contributed by atoms with Crippen LogP contribution in [0.3, 0.4) is 0 Å². The van der Waals surface area contributed by atoms with Crippen LogP contribution < -0.4 is 10.6 Å². The SMILES string of the molecule is N#Cc1c(F)cccc1N1CCN(S(=O)(=O)c2ccc(C(N)=O)cc2)CC1. The highest BCUT2D eigenvalue weighted by molar-refractivity contribution is 7.89. The molecule has 2 N–H and O–H groups in total. The molecule has 27 heavy (non-hydrogen) atoms. The maximum absolute atomic E-state index is 13.8. The van der Waals surface area contributed by atoms with E-state index < -0.39 is 21.7 Å². The smallest absolute Gasteiger partial charge is 0.248 e. The summed E-state index contributed by atoms with van der Waals surface area (Å²) in [4.78, 5) is 13.0. The van der Waals surface area contributed by atoms with E-state index in [9.17, 15) is 17.6 Å². The molecule has 0 radical (unpaired) electrons. The van der Waals surface area contributed by atoms with Crippen LogP contribution in [0.4, 0.5) is 10.1 Å². The van der Waals surface area contributed by atoms with Crippen molar-refractivity contribution in [2.24, 2.45) is 5.73 Å². The molecular weight excluding hydrogens is 371 g/mol. The summed E-state index contributed by atoms with van der Waals surface area (Å²) < 4.78 is 40.7. The number of primary amides is 1. The van der Waals surface area contributed by atoms with E-state index in [1.807, 2.05) is 6.07 Å². The van der Waals surface area contributed by atoms with Crippen molar-refractivity contribution in [2.75, 3.05) is 31.1 Å². The van der Waals surface area contributed by atoms with Gasteiger partial charge in [0, 0.05) is 31.7 Å². The summed E-state index contributed by atoms with van der Waals surface area (Å²) in [6.45, 7) is 1.05. The van der Waals surface area contributed by atoms with E-state index in [1.165, 1.54) is 40.7 Å². The first kappa shape index (κ1) is 18.8. The van der Waals surface area contributed by atoms with Gasteiger partial charge in [-0.1, -0.05) is 6.07 Å². The summed E-state index contributed by atoms with van der Waals surface area (Å²) in [5.74, 6) is -1.23. The summed E-state index contributed by atoms with van der Waals surface area (Å²) in [7, 11) is -3.72. The maximum Gasteiger partial charge on any atom is 0.248 e. The molecule has 0 saturated carbocycles. The summed E-state index contributed by atoms with van der Waals surface area (Å²) in [6, 6.07) is 11.7. The maximum atomic E-state index is 13.8. The Kier molecular flexibility index (Phi) is 5.12. The molecule has 0 atom stereocenters. The average Bonchev–Trinajstić information content (AvgIpc) is 2.68. The van der Waals surface area contributed by atoms with Crippen molar-refractivity contribution in [1.82, 2.24) is 4.31 Å². The van der Waals surface area contributed by atoms with Gasteiger partial charge in [0.2, 0.25) is 15.9 Å². The first-order valence-corrected chi connectivity index (χ1v) is 9.62. The van der Waals surface area contributed by atoms with Gasteiger partial charge in [-0.25, -0.2) is 12.8 Å². The number of carbonyl (C=O) groups excluding carboxylic acids is 1. The van der Waals surface area contributed by atoms with Gasteiger partial charge in [0.25, 0.3) is 0 Å². The first-order valence-electron chi connectivity index (χ1n) is 8.18. The van der Waals surface area contributed by atoms with Gasteiger partial charge in [-0.3, -0.25) is 4.79 Å². The summed E-state index contributed by atoms with van der Waals surface area (Å²) >= 11 is 0. The third-order valence-electron chi connectivity index (χ3n) is 4.46. The zero-order chi connectivity index (χ0) is 19.6. The van der Waals surface area contributed by atoms with Crippen molar-refractivity contribution in [3.05, 3.63) is 59.4 Å². The Balaban J connectivity index is 1.76. The molecule has 0 aromatic heterocycles. The van der Waals surface area contributed by atoms with E-state index >= 15 is 0 Å². The van der Waals surface area contributed by atoms with Gasteiger partial charge in [-0.05, 0) is 36.4 Å². The van der Waals surface area contributed by atoms with Gasteiger partial charge >= 0.3 is 0 Å². The number of sulfonamides is 1. The minimum atomic E-state index is -3.72. The molecule has 2 aromatic carbocycles. The van der Waals surface area contributed by atoms with Crippen LogP contribution >= 0.6 is 0 Å². The van der Waals surface area contributed by atoms with Crippen LogP contribution in [0.25, 0.3) is 0 Å². The number of hydrogen-bond acceptors (Lipinski definition) is 5. The van der Waals surface area contributed by atoms with Crippen molar-refractivity contribution >= 4 is 21.6 Å². The Morgan fingerprint density at radius 3 is 2.26 bits per heavy atom. The Bertz CT molecular complexity index is 1010. The number of nitrogens with zero attached hydrogens (tertiary/aromatic N) is 3. The molecule has 1 aliphatic rings. The lowest BCUT2D eigenvalue weighted by Gasteiger charge is -2.35. The Hall–Kier alpha value is -2.96. The molecule has 0 unspecified atom stereocenters. The molecular formula is C18H17FN4O3S. The molecule has 1 aliphatic heterocycles. The van der Waals surface area contributed by atoms with Crippen LogP contribution in [-0.4, -0.2) is 44.8 Å². The lowest BCUT2D eigenvalue weighted by Crippen LogP contribution is -2.48. The fraction of sp³-hybridized carbons (Fsp3) is 0.222. The summed E-state index contributed by atoms with van der Waals surface area (Å²) in [5, 5.41) is 9.17. The van der Waals surface area contributed by atoms with Crippen molar-refractivity contribution in [3.63, 3.8) is 0 Å². The minimum Gasteiger partial charge on any atom is -0.368 e. The Morgan fingerprint density at radius 1 is 1.07 bits per heavy atom. The number of amides is 1. The van der Waals surface area contributed by atoms with Crippen LogP contribution in [-0.2, 0) is 10.0 Å². The Morgan fingerprint density at radius 2 is 1.70 bits per heavy atom. The normalized spacial score (nSPS) is 15.3. The van der Waals surface area contributed by atoms with Crippen molar-refractivity contribution in [1.29, 1.82) is 5.26 Å². The van der Waals surface area contributed by atoms with Crippen molar-refractivity contribution < 1.29 is 17.6 Å². The number of halogens is 1. The number of piperazine rings is 1. The van der Waals surface area contributed by atoms with E-state index in [2.05, 4.69) is 0 Å². The van der Waals surface area contributed by atoms with Crippen LogP contribution in [0.1, 0.15) is 15.9 Å². The third kappa shape index (κ3) is 3.63. The molecule has 2 aromatic rings. The summed E-state index contributed by atoms with van der Waals surface area (Å²) in [5.41, 5.74) is 5.81. The van der Waals surface area contributed by atoms with E-state index in [-0.39, 0.29) is 29.1 Å². The van der Waals surface area contributed by atoms with Crippen LogP contribution in [0.5, 0.6) is 0 Å². The highest BCUT2D eigenvalue weighted by Crippen LogP contribution is 2.25. The van der Waals surface area contributed by atoms with Gasteiger partial charge in [-0.2, -0.15) is 9.57 Å². The van der Waals surface area contributed by atoms with Crippen molar-refractivity contribution in [2.45, 2.75) is 4.90 Å². The molecule has 3 rings (SSSR count). The third-order valence-corrected chi connectivity index (χ3v) is 6.37. The largest absolute Gasteiger partial charge is 0.368 e. The van der Waals surface area contributed by atoms with Gasteiger partial charge in [0.15, 0.2) is 0 Å². The minimum absolute atomic E-state index is 0.0455. The summed E-state index contributed by atoms with van der Waals surface area (Å²) in [6.07, 6.45) is 0. The lowest BCUT2D eigenvalue weighted by atomic mass is 10.1. The standard InChI is InChI=1S/C18H17FN4O3S/c19-16-2-1-3-17(15(16)12-20)22-8-10-23(11-9-22)27(25,26)14-6-4-13(5-7-14)18(21)24/h1-7H,8-11H2,(H2,21,24). The highest BCUT2D eigenvalue weighted by atomic mass is 32.2. The molecule has 0 bridgehead atoms. The molecule has 140 valence electrons. The molecule has 1 fully saturated rings. The number of hydrogen-bond donors (Lipinski definition) is 1. The molecule has 1 heterocycles. The van der Waals surface area contributed by atoms with Gasteiger partial charge in [-0.15, -0.1) is 0 Å². The number of benzene rings is 2. The number of nitrogens with two attached hydrogens (primary N) is 1. The van der Waals surface area contributed by atoms with E-state index in [0.29, 0.717) is 18.8 Å². The van der Waals surface area contributed by atoms with E-state index in [4.69, 9.17) is 11.0 Å². The monoisotopic (exact) mass is 388 g/mol. The zero-order valence-electron chi connectivity index (χ0n) is 14.3. The average molecular weight is 388 g/mol. The van der Waals surface area contributed by atoms with Crippen molar-refractivity contribution in [3.8, 4) is 6.07 Å². The fourth-order valence-electron chi connectivity index (χ4n) is 3.00. The lowest BCUT2D eigenvalue weighted by molar-refractivity contribution is 0.1000. The molecule has 1 saturated heterocycles. The topological polar surface area (TPSA) is 108 Å². The van der Waals surface area contributed by atoms with Crippen LogP contribution in [0.2, 0.25) is 0 Å². The number of anilines is 1. The molecule has 0 aliphatic carbocycles. The quantitative estimate of drug-likeness (QED) is 0.850. The van der Waals surface area contributed by atoms with Crippen LogP contribution in [0, 0.1) is 17.1 Å². The second-order valence-corrected chi connectivity index (χ2v) is 7.96. The van der Waals surface area contributed by atoms with E-state index in [0.717, 1.165) is 0 Å². The molecule has 0 spiro atoms. The van der Waals surface area contributed by atoms with Gasteiger partial charge in [0.1, 0.15) is 17.4 Å². The Labute approximate surface area is 156 Å². The molecule has 9 heteroatoms. The predicted octanol–water partition coefficient (Wildman–Crippen LogP) is 1.31. The zero-order valence-corrected chi connectivity index (χ0v) is 15.1. The number of nitriles is 1. The molecule has 1 amide bonds. The van der Waals surface area contributed by atoms with Gasteiger partial charge in [0.05, 0.1) is 10.6 Å². The second-order valence-electron chi connectivity index (χ2n) is 6.03. The number of rotatable bonds is 4. The number of carbonyl (C=O) groups is 1. The fourth-order valence-corrected chi connectivity index (χ4v) is 4.42. The van der Waals surface area contributed by atoms with E-state index in [1.54, 1.807) is 11.0 Å². The molecule has 7 nitrogen and oxygen atoms in total. The van der Waals surface area contributed by atoms with Crippen LogP contribution in [0.15, 0.2) is 47.4 Å². The first-order chi connectivity index (χ1) is 12.8. The highest BCUT2D eigenvalue weighted by Gasteiger charge is 2.29. The predicted molar refractivity (Wildman–Crippen MR) is 97.0 cm³/mol. The van der Waals surface area contributed by atoms with Gasteiger partial charge < -0.3 is 10.6 Å².